The van der Waals surface area contributed by atoms with Crippen LogP contribution in [0, 0.1) is 28.6 Å². The lowest BCUT2D eigenvalue weighted by Crippen LogP contribution is -2.32. The van der Waals surface area contributed by atoms with Gasteiger partial charge in [0.2, 0.25) is 0 Å². The monoisotopic (exact) mass is 439 g/mol. The molecule has 2 aromatic rings. The van der Waals surface area contributed by atoms with E-state index in [4.69, 9.17) is 15.3 Å². The summed E-state index contributed by atoms with van der Waals surface area (Å²) in [4.78, 5) is 2.44. The van der Waals surface area contributed by atoms with E-state index in [1.807, 2.05) is 12.1 Å². The summed E-state index contributed by atoms with van der Waals surface area (Å²) in [5, 5.41) is 29.0. The molecule has 0 amide bonds. The molecule has 0 aromatic heterocycles. The van der Waals surface area contributed by atoms with E-state index in [0.29, 0.717) is 35.6 Å². The summed E-state index contributed by atoms with van der Waals surface area (Å²) < 4.78 is 28.9. The molecule has 0 radical (unpaired) electrons. The summed E-state index contributed by atoms with van der Waals surface area (Å²) in [5.41, 5.74) is 1.28. The van der Waals surface area contributed by atoms with Crippen LogP contribution in [0.1, 0.15) is 36.1 Å². The van der Waals surface area contributed by atoms with Gasteiger partial charge in [0.1, 0.15) is 5.75 Å². The summed E-state index contributed by atoms with van der Waals surface area (Å²) in [6.45, 7) is 3.75. The number of nitrogens with zero attached hydrogens (tertiary/aromatic N) is 3. The van der Waals surface area contributed by atoms with Gasteiger partial charge in [0.15, 0.2) is 9.84 Å². The van der Waals surface area contributed by atoms with Gasteiger partial charge in [-0.2, -0.15) is 10.5 Å². The topological polar surface area (TPSA) is 114 Å². The number of rotatable bonds is 7. The van der Waals surface area contributed by atoms with Gasteiger partial charge in [-0.3, -0.25) is 4.90 Å². The van der Waals surface area contributed by atoms with Crippen molar-refractivity contribution in [3.63, 3.8) is 0 Å². The Morgan fingerprint density at radius 2 is 1.77 bits per heavy atom. The minimum Gasteiger partial charge on any atom is -0.493 e. The van der Waals surface area contributed by atoms with E-state index in [9.17, 15) is 13.5 Å². The van der Waals surface area contributed by atoms with E-state index in [0.717, 1.165) is 13.0 Å². The molecule has 162 valence electrons. The van der Waals surface area contributed by atoms with Crippen molar-refractivity contribution >= 4 is 9.84 Å². The van der Waals surface area contributed by atoms with E-state index < -0.39 is 15.9 Å². The average Bonchev–Trinajstić information content (AvgIpc) is 3.10. The molecule has 1 heterocycles. The number of benzene rings is 2. The number of aliphatic hydroxyl groups excluding tert-OH is 1. The molecule has 1 saturated heterocycles. The fraction of sp³-hybridized carbons (Fsp3) is 0.391. The predicted octanol–water partition coefficient (Wildman–Crippen LogP) is 2.66. The normalized spacial score (nSPS) is 20.0. The molecule has 7 nitrogen and oxygen atoms in total. The summed E-state index contributed by atoms with van der Waals surface area (Å²) in [7, 11) is -3.23. The van der Waals surface area contributed by atoms with E-state index in [1.54, 1.807) is 24.3 Å². The van der Waals surface area contributed by atoms with E-state index >= 15 is 0 Å². The SMILES string of the molecule is C[C@@H]1C[C@H](COc2ccc(S(C)(=O)=O)cc2)CN1CC(O)c1cc(C#N)cc(C#N)c1. The highest BCUT2D eigenvalue weighted by Crippen LogP contribution is 2.27. The second kappa shape index (κ2) is 9.49. The quantitative estimate of drug-likeness (QED) is 0.705. The number of sulfone groups is 1. The molecule has 1 aliphatic heterocycles. The zero-order valence-electron chi connectivity index (χ0n) is 17.5. The van der Waals surface area contributed by atoms with Crippen molar-refractivity contribution in [2.75, 3.05) is 26.0 Å². The molecule has 1 fully saturated rings. The number of aliphatic hydroxyl groups is 1. The molecule has 1 unspecified atom stereocenters. The smallest absolute Gasteiger partial charge is 0.175 e. The summed E-state index contributed by atoms with van der Waals surface area (Å²) in [6.07, 6.45) is 1.28. The van der Waals surface area contributed by atoms with Crippen molar-refractivity contribution in [2.45, 2.75) is 30.4 Å². The molecule has 8 heteroatoms. The predicted molar refractivity (Wildman–Crippen MR) is 115 cm³/mol. The minimum atomic E-state index is -3.23. The van der Waals surface area contributed by atoms with Crippen LogP contribution in [0.15, 0.2) is 47.4 Å². The Balaban J connectivity index is 1.57. The summed E-state index contributed by atoms with van der Waals surface area (Å²) in [5.74, 6) is 0.896. The third-order valence-corrected chi connectivity index (χ3v) is 6.66. The van der Waals surface area contributed by atoms with Crippen LogP contribution in [0.25, 0.3) is 0 Å². The molecule has 1 aliphatic rings. The van der Waals surface area contributed by atoms with Gasteiger partial charge in [0.05, 0.1) is 40.9 Å². The summed E-state index contributed by atoms with van der Waals surface area (Å²) in [6, 6.07) is 15.4. The molecule has 31 heavy (non-hydrogen) atoms. The number of hydrogen-bond acceptors (Lipinski definition) is 7. The Labute approximate surface area is 183 Å². The second-order valence-electron chi connectivity index (χ2n) is 8.04. The van der Waals surface area contributed by atoms with E-state index in [1.165, 1.54) is 24.5 Å². The first kappa shape index (κ1) is 22.8. The third kappa shape index (κ3) is 5.83. The van der Waals surface area contributed by atoms with Crippen LogP contribution in [0.5, 0.6) is 5.75 Å². The lowest BCUT2D eigenvalue weighted by molar-refractivity contribution is 0.107. The molecule has 3 rings (SSSR count). The molecule has 0 aliphatic carbocycles. The Kier molecular flexibility index (Phi) is 6.97. The third-order valence-electron chi connectivity index (χ3n) is 5.53. The molecule has 2 aromatic carbocycles. The molecule has 0 saturated carbocycles. The first-order chi connectivity index (χ1) is 14.7. The number of nitriles is 2. The van der Waals surface area contributed by atoms with Crippen LogP contribution in [0.4, 0.5) is 0 Å². The lowest BCUT2D eigenvalue weighted by atomic mass is 10.0. The maximum absolute atomic E-state index is 11.5. The number of β-amino-alcohol motifs (C(OH)–C–C–N with tert-alkyl or cyclic N) is 1. The van der Waals surface area contributed by atoms with Gasteiger partial charge >= 0.3 is 0 Å². The number of ether oxygens (including phenoxy) is 1. The van der Waals surface area contributed by atoms with Gasteiger partial charge in [-0.15, -0.1) is 0 Å². The van der Waals surface area contributed by atoms with Crippen molar-refractivity contribution in [3.05, 3.63) is 59.2 Å². The Bertz CT molecular complexity index is 1080. The molecule has 1 N–H and O–H groups in total. The highest BCUT2D eigenvalue weighted by atomic mass is 32.2. The van der Waals surface area contributed by atoms with E-state index in [-0.39, 0.29) is 16.9 Å². The molecule has 0 bridgehead atoms. The van der Waals surface area contributed by atoms with Crippen LogP contribution >= 0.6 is 0 Å². The zero-order valence-corrected chi connectivity index (χ0v) is 18.3. The highest BCUT2D eigenvalue weighted by molar-refractivity contribution is 7.90. The van der Waals surface area contributed by atoms with Gasteiger partial charge in [0, 0.05) is 31.3 Å². The van der Waals surface area contributed by atoms with E-state index in [2.05, 4.69) is 11.8 Å². The van der Waals surface area contributed by atoms with Crippen LogP contribution in [-0.2, 0) is 9.84 Å². The zero-order chi connectivity index (χ0) is 22.6. The first-order valence-electron chi connectivity index (χ1n) is 10.00. The lowest BCUT2D eigenvalue weighted by Gasteiger charge is -2.24. The first-order valence-corrected chi connectivity index (χ1v) is 11.9. The summed E-state index contributed by atoms with van der Waals surface area (Å²) >= 11 is 0. The van der Waals surface area contributed by atoms with Crippen molar-refractivity contribution in [2.24, 2.45) is 5.92 Å². The largest absolute Gasteiger partial charge is 0.493 e. The Morgan fingerprint density at radius 3 is 2.32 bits per heavy atom. The second-order valence-corrected chi connectivity index (χ2v) is 10.1. The van der Waals surface area contributed by atoms with Crippen LogP contribution in [0.2, 0.25) is 0 Å². The van der Waals surface area contributed by atoms with Crippen molar-refractivity contribution in [1.82, 2.24) is 4.90 Å². The van der Waals surface area contributed by atoms with Gasteiger partial charge < -0.3 is 9.84 Å². The number of likely N-dealkylation sites (tertiary alicyclic amines) is 1. The molecule has 0 spiro atoms. The molecular weight excluding hydrogens is 414 g/mol. The highest BCUT2D eigenvalue weighted by Gasteiger charge is 2.31. The standard InChI is InChI=1S/C23H25N3O4S/c1-16-7-19(15-30-21-3-5-22(6-4-21)31(2,28)29)13-26(16)14-23(27)20-9-17(11-24)8-18(10-20)12-25/h3-6,8-10,16,19,23,27H,7,13-15H2,1-2H3/t16-,19+,23?/m1/s1. The van der Waals surface area contributed by atoms with Gasteiger partial charge in [-0.05, 0) is 61.4 Å². The van der Waals surface area contributed by atoms with Gasteiger partial charge in [-0.25, -0.2) is 8.42 Å². The van der Waals surface area contributed by atoms with Crippen LogP contribution in [0.3, 0.4) is 0 Å². The van der Waals surface area contributed by atoms with Gasteiger partial charge in [-0.1, -0.05) is 0 Å². The fourth-order valence-electron chi connectivity index (χ4n) is 3.89. The number of hydrogen-bond donors (Lipinski definition) is 1. The maximum atomic E-state index is 11.5. The molecular formula is C23H25N3O4S. The van der Waals surface area contributed by atoms with Crippen LogP contribution < -0.4 is 4.74 Å². The average molecular weight is 440 g/mol. The van der Waals surface area contributed by atoms with Crippen LogP contribution in [-0.4, -0.2) is 50.4 Å². The van der Waals surface area contributed by atoms with Gasteiger partial charge in [0.25, 0.3) is 0 Å². The Hall–Kier alpha value is -2.91. The maximum Gasteiger partial charge on any atom is 0.175 e. The van der Waals surface area contributed by atoms with Crippen molar-refractivity contribution in [1.29, 1.82) is 10.5 Å². The minimum absolute atomic E-state index is 0.255. The fourth-order valence-corrected chi connectivity index (χ4v) is 4.52. The van der Waals surface area contributed by atoms with Crippen molar-refractivity contribution in [3.8, 4) is 17.9 Å². The Morgan fingerprint density at radius 1 is 1.16 bits per heavy atom. The van der Waals surface area contributed by atoms with Crippen molar-refractivity contribution < 1.29 is 18.3 Å². The molecule has 3 atom stereocenters.